The van der Waals surface area contributed by atoms with Crippen LogP contribution in [-0.2, 0) is 9.59 Å². The van der Waals surface area contributed by atoms with Crippen LogP contribution in [-0.4, -0.2) is 28.3 Å². The average molecular weight is 264 g/mol. The summed E-state index contributed by atoms with van der Waals surface area (Å²) in [6.07, 6.45) is 1.35. The van der Waals surface area contributed by atoms with Gasteiger partial charge in [-0.1, -0.05) is 0 Å². The number of carbonyl (C=O) groups is 2. The monoisotopic (exact) mass is 264 g/mol. The first-order chi connectivity index (χ1) is 8.91. The normalized spacial score (nSPS) is 18.7. The molecule has 1 fully saturated rings. The molecule has 0 saturated carbocycles. The van der Waals surface area contributed by atoms with E-state index in [9.17, 15) is 19.7 Å². The fourth-order valence-corrected chi connectivity index (χ4v) is 2.06. The van der Waals surface area contributed by atoms with Gasteiger partial charge in [-0.15, -0.1) is 0 Å². The van der Waals surface area contributed by atoms with Crippen molar-refractivity contribution >= 4 is 23.3 Å². The fourth-order valence-electron chi connectivity index (χ4n) is 2.06. The molecule has 0 radical (unpaired) electrons. The predicted molar refractivity (Wildman–Crippen MR) is 65.3 cm³/mol. The second-order valence-corrected chi connectivity index (χ2v) is 4.36. The molecule has 2 amide bonds. The summed E-state index contributed by atoms with van der Waals surface area (Å²) in [7, 11) is 0. The van der Waals surface area contributed by atoms with E-state index < -0.39 is 16.7 Å². The van der Waals surface area contributed by atoms with E-state index in [1.807, 2.05) is 0 Å². The maximum Gasteiger partial charge on any atom is 0.314 e. The Morgan fingerprint density at radius 3 is 2.84 bits per heavy atom. The van der Waals surface area contributed by atoms with Gasteiger partial charge in [-0.2, -0.15) is 0 Å². The summed E-state index contributed by atoms with van der Waals surface area (Å²) >= 11 is 0. The summed E-state index contributed by atoms with van der Waals surface area (Å²) < 4.78 is 0. The quantitative estimate of drug-likeness (QED) is 0.614. The van der Waals surface area contributed by atoms with Gasteiger partial charge < -0.3 is 5.73 Å². The van der Waals surface area contributed by atoms with Crippen molar-refractivity contribution in [2.45, 2.75) is 13.3 Å². The lowest BCUT2D eigenvalue weighted by Crippen LogP contribution is -2.29. The summed E-state index contributed by atoms with van der Waals surface area (Å²) in [5, 5.41) is 11.1. The van der Waals surface area contributed by atoms with E-state index in [0.717, 1.165) is 4.90 Å². The maximum absolute atomic E-state index is 11.8. The van der Waals surface area contributed by atoms with Gasteiger partial charge in [0.25, 0.3) is 0 Å². The van der Waals surface area contributed by atoms with Crippen LogP contribution in [0.5, 0.6) is 0 Å². The van der Waals surface area contributed by atoms with E-state index in [4.69, 9.17) is 5.73 Å². The van der Waals surface area contributed by atoms with Crippen molar-refractivity contribution in [2.75, 3.05) is 11.4 Å². The number of hydrogen-bond acceptors (Lipinski definition) is 5. The minimum absolute atomic E-state index is 0.0289. The largest absolute Gasteiger partial charge is 0.369 e. The van der Waals surface area contributed by atoms with Gasteiger partial charge in [0.1, 0.15) is 0 Å². The number of aromatic nitrogens is 1. The number of pyridine rings is 1. The van der Waals surface area contributed by atoms with Crippen molar-refractivity contribution in [3.8, 4) is 0 Å². The van der Waals surface area contributed by atoms with Crippen molar-refractivity contribution in [2.24, 2.45) is 11.7 Å². The SMILES string of the molecule is Cc1ccnc(N2CC(C(N)=O)CC2=O)c1[N+](=O)[O-]. The van der Waals surface area contributed by atoms with E-state index in [-0.39, 0.29) is 30.4 Å². The van der Waals surface area contributed by atoms with Gasteiger partial charge >= 0.3 is 5.69 Å². The molecule has 0 aliphatic carbocycles. The molecular formula is C11H12N4O4. The number of rotatable bonds is 3. The number of carbonyl (C=O) groups excluding carboxylic acids is 2. The molecule has 0 aromatic carbocycles. The molecule has 1 aliphatic rings. The minimum atomic E-state index is -0.630. The Morgan fingerprint density at radius 2 is 2.32 bits per heavy atom. The Kier molecular flexibility index (Phi) is 3.16. The third kappa shape index (κ3) is 2.24. The van der Waals surface area contributed by atoms with Crippen molar-refractivity contribution in [3.05, 3.63) is 27.9 Å². The van der Waals surface area contributed by atoms with Gasteiger partial charge in [0.2, 0.25) is 17.6 Å². The molecule has 1 aromatic rings. The van der Waals surface area contributed by atoms with Gasteiger partial charge in [-0.05, 0) is 13.0 Å². The second-order valence-electron chi connectivity index (χ2n) is 4.36. The molecule has 8 heteroatoms. The number of nitro groups is 1. The highest BCUT2D eigenvalue weighted by Crippen LogP contribution is 2.32. The van der Waals surface area contributed by atoms with E-state index in [0.29, 0.717) is 5.56 Å². The van der Waals surface area contributed by atoms with Crippen LogP contribution >= 0.6 is 0 Å². The number of aryl methyl sites for hydroxylation is 1. The molecular weight excluding hydrogens is 252 g/mol. The highest BCUT2D eigenvalue weighted by atomic mass is 16.6. The smallest absolute Gasteiger partial charge is 0.314 e. The summed E-state index contributed by atoms with van der Waals surface area (Å²) in [6.45, 7) is 1.60. The molecule has 0 spiro atoms. The van der Waals surface area contributed by atoms with Crippen LogP contribution in [0.1, 0.15) is 12.0 Å². The van der Waals surface area contributed by atoms with Crippen LogP contribution in [0.3, 0.4) is 0 Å². The Morgan fingerprint density at radius 1 is 1.63 bits per heavy atom. The van der Waals surface area contributed by atoms with Gasteiger partial charge in [0.15, 0.2) is 0 Å². The molecule has 0 bridgehead atoms. The van der Waals surface area contributed by atoms with Gasteiger partial charge in [0, 0.05) is 24.7 Å². The number of amides is 2. The van der Waals surface area contributed by atoms with Crippen LogP contribution in [0.2, 0.25) is 0 Å². The molecule has 19 heavy (non-hydrogen) atoms. The van der Waals surface area contributed by atoms with E-state index >= 15 is 0 Å². The first kappa shape index (κ1) is 12.9. The van der Waals surface area contributed by atoms with Crippen LogP contribution in [0.25, 0.3) is 0 Å². The summed E-state index contributed by atoms with van der Waals surface area (Å²) in [5.41, 5.74) is 5.34. The third-order valence-corrected chi connectivity index (χ3v) is 3.07. The van der Waals surface area contributed by atoms with Crippen molar-refractivity contribution in [1.29, 1.82) is 0 Å². The number of anilines is 1. The van der Waals surface area contributed by atoms with Crippen molar-refractivity contribution < 1.29 is 14.5 Å². The highest BCUT2D eigenvalue weighted by Gasteiger charge is 2.38. The van der Waals surface area contributed by atoms with Crippen LogP contribution < -0.4 is 10.6 Å². The molecule has 1 saturated heterocycles. The average Bonchev–Trinajstić information content (AvgIpc) is 2.70. The minimum Gasteiger partial charge on any atom is -0.369 e. The van der Waals surface area contributed by atoms with Gasteiger partial charge in [-0.25, -0.2) is 4.98 Å². The third-order valence-electron chi connectivity index (χ3n) is 3.07. The first-order valence-electron chi connectivity index (χ1n) is 5.61. The molecule has 1 aromatic heterocycles. The molecule has 8 nitrogen and oxygen atoms in total. The number of nitrogens with two attached hydrogens (primary N) is 1. The van der Waals surface area contributed by atoms with E-state index in [2.05, 4.69) is 4.98 Å². The lowest BCUT2D eigenvalue weighted by Gasteiger charge is -2.15. The summed E-state index contributed by atoms with van der Waals surface area (Å²) in [5.74, 6) is -1.63. The molecule has 1 unspecified atom stereocenters. The molecule has 1 atom stereocenters. The number of hydrogen-bond donors (Lipinski definition) is 1. The summed E-state index contributed by atoms with van der Waals surface area (Å²) in [6, 6.07) is 1.49. The van der Waals surface area contributed by atoms with Crippen LogP contribution in [0.15, 0.2) is 12.3 Å². The Hall–Kier alpha value is -2.51. The lowest BCUT2D eigenvalue weighted by atomic mass is 10.1. The highest BCUT2D eigenvalue weighted by molar-refractivity contribution is 6.00. The Bertz CT molecular complexity index is 572. The van der Waals surface area contributed by atoms with Crippen LogP contribution in [0, 0.1) is 23.0 Å². The predicted octanol–water partition coefficient (Wildman–Crippen LogP) is 0.136. The number of primary amides is 1. The Balaban J connectivity index is 2.43. The van der Waals surface area contributed by atoms with Crippen molar-refractivity contribution in [3.63, 3.8) is 0 Å². The second kappa shape index (κ2) is 4.63. The summed E-state index contributed by atoms with van der Waals surface area (Å²) in [4.78, 5) is 38.5. The molecule has 2 rings (SSSR count). The first-order valence-corrected chi connectivity index (χ1v) is 5.61. The molecule has 2 N–H and O–H groups in total. The zero-order chi connectivity index (χ0) is 14.2. The topological polar surface area (TPSA) is 119 Å². The Labute approximate surface area is 108 Å². The number of nitrogens with zero attached hydrogens (tertiary/aromatic N) is 3. The molecule has 100 valence electrons. The van der Waals surface area contributed by atoms with Crippen LogP contribution in [0.4, 0.5) is 11.5 Å². The fraction of sp³-hybridized carbons (Fsp3) is 0.364. The zero-order valence-corrected chi connectivity index (χ0v) is 10.2. The lowest BCUT2D eigenvalue weighted by molar-refractivity contribution is -0.384. The van der Waals surface area contributed by atoms with Gasteiger partial charge in [0.05, 0.1) is 10.8 Å². The standard InChI is InChI=1S/C11H12N4O4/c1-6-2-3-13-11(9(6)15(18)19)14-5-7(10(12)17)4-8(14)16/h2-3,7H,4-5H2,1H3,(H2,12,17). The van der Waals surface area contributed by atoms with E-state index in [1.54, 1.807) is 6.92 Å². The zero-order valence-electron chi connectivity index (χ0n) is 10.2. The van der Waals surface area contributed by atoms with Gasteiger partial charge in [-0.3, -0.25) is 24.6 Å². The molecule has 2 heterocycles. The molecule has 1 aliphatic heterocycles. The van der Waals surface area contributed by atoms with E-state index in [1.165, 1.54) is 12.3 Å². The van der Waals surface area contributed by atoms with Crippen molar-refractivity contribution in [1.82, 2.24) is 4.98 Å². The maximum atomic E-state index is 11.8.